The molecule has 19 heavy (non-hydrogen) atoms. The van der Waals surface area contributed by atoms with Crippen LogP contribution in [0.25, 0.3) is 10.2 Å². The molecule has 0 radical (unpaired) electrons. The van der Waals surface area contributed by atoms with Crippen LogP contribution >= 0.6 is 11.3 Å². The fraction of sp³-hybridized carbons (Fsp3) is 0.533. The largest absolute Gasteiger partial charge is 0.395 e. The molecule has 2 unspecified atom stereocenters. The van der Waals surface area contributed by atoms with Crippen LogP contribution in [-0.2, 0) is 0 Å². The van der Waals surface area contributed by atoms with E-state index in [0.29, 0.717) is 6.04 Å². The molecule has 1 aliphatic carbocycles. The maximum Gasteiger partial charge on any atom is 0.106 e. The van der Waals surface area contributed by atoms with Crippen molar-refractivity contribution in [2.75, 3.05) is 11.1 Å². The molecule has 1 aromatic heterocycles. The normalized spacial score (nSPS) is 24.3. The molecule has 1 aromatic carbocycles. The molecule has 102 valence electrons. The molecule has 4 heteroatoms. The summed E-state index contributed by atoms with van der Waals surface area (Å²) in [6, 6.07) is 4.78. The number of nitrogens with zero attached hydrogens (tertiary/aromatic N) is 1. The maximum atomic E-state index is 6.23. The lowest BCUT2D eigenvalue weighted by molar-refractivity contribution is 0.502. The zero-order chi connectivity index (χ0) is 13.2. The van der Waals surface area contributed by atoms with Crippen molar-refractivity contribution >= 4 is 32.9 Å². The monoisotopic (exact) mass is 275 g/mol. The Morgan fingerprint density at radius 2 is 2.16 bits per heavy atom. The van der Waals surface area contributed by atoms with Gasteiger partial charge in [-0.3, -0.25) is 0 Å². The van der Waals surface area contributed by atoms with Gasteiger partial charge in [0.1, 0.15) is 5.52 Å². The molecule has 3 N–H and O–H groups in total. The molecule has 1 saturated carbocycles. The zero-order valence-electron chi connectivity index (χ0n) is 11.4. The zero-order valence-corrected chi connectivity index (χ0v) is 12.2. The first-order chi connectivity index (χ1) is 9.24. The SMILES string of the molecule is CC1CCCC(Nc2ccc3scnc3c2N)CC1. The Morgan fingerprint density at radius 3 is 3.05 bits per heavy atom. The van der Waals surface area contributed by atoms with Crippen molar-refractivity contribution in [1.29, 1.82) is 0 Å². The van der Waals surface area contributed by atoms with Crippen molar-refractivity contribution in [3.63, 3.8) is 0 Å². The van der Waals surface area contributed by atoms with Gasteiger partial charge >= 0.3 is 0 Å². The highest BCUT2D eigenvalue weighted by molar-refractivity contribution is 7.16. The molecule has 0 spiro atoms. The number of benzene rings is 1. The summed E-state index contributed by atoms with van der Waals surface area (Å²) < 4.78 is 1.16. The quantitative estimate of drug-likeness (QED) is 0.636. The summed E-state index contributed by atoms with van der Waals surface area (Å²) in [6.45, 7) is 2.36. The van der Waals surface area contributed by atoms with Gasteiger partial charge in [-0.1, -0.05) is 19.8 Å². The number of nitrogen functional groups attached to an aromatic ring is 1. The Kier molecular flexibility index (Phi) is 3.60. The minimum Gasteiger partial charge on any atom is -0.395 e. The lowest BCUT2D eigenvalue weighted by atomic mass is 10.0. The van der Waals surface area contributed by atoms with Crippen molar-refractivity contribution < 1.29 is 0 Å². The van der Waals surface area contributed by atoms with Crippen molar-refractivity contribution in [3.8, 4) is 0 Å². The van der Waals surface area contributed by atoms with Crippen LogP contribution < -0.4 is 11.1 Å². The van der Waals surface area contributed by atoms with Crippen LogP contribution in [0.2, 0.25) is 0 Å². The smallest absolute Gasteiger partial charge is 0.106 e. The third kappa shape index (κ3) is 2.68. The van der Waals surface area contributed by atoms with Crippen LogP contribution in [0.1, 0.15) is 39.0 Å². The summed E-state index contributed by atoms with van der Waals surface area (Å²) >= 11 is 1.64. The van der Waals surface area contributed by atoms with Crippen LogP contribution in [-0.4, -0.2) is 11.0 Å². The fourth-order valence-electron chi connectivity index (χ4n) is 2.93. The number of aromatic nitrogens is 1. The van der Waals surface area contributed by atoms with E-state index >= 15 is 0 Å². The van der Waals surface area contributed by atoms with Crippen molar-refractivity contribution in [3.05, 3.63) is 17.6 Å². The summed E-state index contributed by atoms with van der Waals surface area (Å²) in [4.78, 5) is 4.36. The molecule has 1 fully saturated rings. The average Bonchev–Trinajstić information content (AvgIpc) is 2.79. The fourth-order valence-corrected chi connectivity index (χ4v) is 3.62. The first kappa shape index (κ1) is 12.7. The van der Waals surface area contributed by atoms with E-state index in [2.05, 4.69) is 29.4 Å². The molecule has 3 nitrogen and oxygen atoms in total. The van der Waals surface area contributed by atoms with Gasteiger partial charge in [-0.15, -0.1) is 11.3 Å². The predicted octanol–water partition coefficient (Wildman–Crippen LogP) is 4.26. The third-order valence-electron chi connectivity index (χ3n) is 4.16. The van der Waals surface area contributed by atoms with E-state index in [9.17, 15) is 0 Å². The molecule has 1 heterocycles. The molecular weight excluding hydrogens is 254 g/mol. The van der Waals surface area contributed by atoms with Crippen molar-refractivity contribution in [2.24, 2.45) is 5.92 Å². The Hall–Kier alpha value is -1.29. The Morgan fingerprint density at radius 1 is 1.26 bits per heavy atom. The van der Waals surface area contributed by atoms with Gasteiger partial charge < -0.3 is 11.1 Å². The van der Waals surface area contributed by atoms with Crippen LogP contribution in [0.4, 0.5) is 11.4 Å². The van der Waals surface area contributed by atoms with Crippen LogP contribution in [0, 0.1) is 5.92 Å². The first-order valence-corrected chi connectivity index (χ1v) is 8.00. The minimum atomic E-state index is 0.559. The van der Waals surface area contributed by atoms with Gasteiger partial charge in [0, 0.05) is 6.04 Å². The second-order valence-electron chi connectivity index (χ2n) is 5.68. The molecule has 2 aromatic rings. The highest BCUT2D eigenvalue weighted by Gasteiger charge is 2.17. The molecular formula is C15H21N3S. The van der Waals surface area contributed by atoms with E-state index in [1.54, 1.807) is 11.3 Å². The Labute approximate surface area is 118 Å². The summed E-state index contributed by atoms with van der Waals surface area (Å²) in [5, 5.41) is 3.63. The molecule has 0 saturated heterocycles. The number of hydrogen-bond donors (Lipinski definition) is 2. The van der Waals surface area contributed by atoms with Gasteiger partial charge in [0.15, 0.2) is 0 Å². The molecule has 0 bridgehead atoms. The number of hydrogen-bond acceptors (Lipinski definition) is 4. The Bertz CT molecular complexity index is 564. The topological polar surface area (TPSA) is 50.9 Å². The minimum absolute atomic E-state index is 0.559. The van der Waals surface area contributed by atoms with Crippen LogP contribution in [0.15, 0.2) is 17.6 Å². The van der Waals surface area contributed by atoms with Crippen molar-refractivity contribution in [1.82, 2.24) is 4.98 Å². The average molecular weight is 275 g/mol. The van der Waals surface area contributed by atoms with E-state index in [4.69, 9.17) is 5.73 Å². The molecule has 0 aliphatic heterocycles. The summed E-state index contributed by atoms with van der Waals surface area (Å²) in [5.41, 5.74) is 10.9. The van der Waals surface area contributed by atoms with Gasteiger partial charge in [-0.05, 0) is 37.3 Å². The van der Waals surface area contributed by atoms with Gasteiger partial charge in [0.25, 0.3) is 0 Å². The lowest BCUT2D eigenvalue weighted by Crippen LogP contribution is -2.19. The molecule has 3 rings (SSSR count). The maximum absolute atomic E-state index is 6.23. The summed E-state index contributed by atoms with van der Waals surface area (Å²) in [7, 11) is 0. The Balaban J connectivity index is 1.78. The van der Waals surface area contributed by atoms with Gasteiger partial charge in [-0.2, -0.15) is 0 Å². The van der Waals surface area contributed by atoms with Gasteiger partial charge in [0.05, 0.1) is 21.6 Å². The van der Waals surface area contributed by atoms with Gasteiger partial charge in [-0.25, -0.2) is 4.98 Å². The second-order valence-corrected chi connectivity index (χ2v) is 6.57. The van der Waals surface area contributed by atoms with E-state index in [-0.39, 0.29) is 0 Å². The number of nitrogens with one attached hydrogen (secondary N) is 1. The third-order valence-corrected chi connectivity index (χ3v) is 4.95. The highest BCUT2D eigenvalue weighted by Crippen LogP contribution is 2.32. The summed E-state index contributed by atoms with van der Waals surface area (Å²) in [6.07, 6.45) is 6.49. The van der Waals surface area contributed by atoms with Crippen molar-refractivity contribution in [2.45, 2.75) is 45.1 Å². The van der Waals surface area contributed by atoms with E-state index in [1.165, 1.54) is 32.1 Å². The summed E-state index contributed by atoms with van der Waals surface area (Å²) in [5.74, 6) is 0.866. The molecule has 2 atom stereocenters. The predicted molar refractivity (Wildman–Crippen MR) is 83.7 cm³/mol. The number of fused-ring (bicyclic) bond motifs is 1. The van der Waals surface area contributed by atoms with E-state index < -0.39 is 0 Å². The number of rotatable bonds is 2. The second kappa shape index (κ2) is 5.37. The number of anilines is 2. The van der Waals surface area contributed by atoms with Gasteiger partial charge in [0.2, 0.25) is 0 Å². The number of nitrogens with two attached hydrogens (primary N) is 1. The van der Waals surface area contributed by atoms with Crippen LogP contribution in [0.3, 0.4) is 0 Å². The highest BCUT2D eigenvalue weighted by atomic mass is 32.1. The number of thiazole rings is 1. The standard InChI is InChI=1S/C15H21N3S/c1-10-3-2-4-11(6-5-10)18-12-7-8-13-15(14(12)16)17-9-19-13/h7-11,18H,2-6,16H2,1H3. The first-order valence-electron chi connectivity index (χ1n) is 7.12. The van der Waals surface area contributed by atoms with E-state index in [1.807, 2.05) is 5.51 Å². The van der Waals surface area contributed by atoms with E-state index in [0.717, 1.165) is 27.5 Å². The molecule has 0 amide bonds. The lowest BCUT2D eigenvalue weighted by Gasteiger charge is -2.19. The van der Waals surface area contributed by atoms with Crippen LogP contribution in [0.5, 0.6) is 0 Å². The molecule has 1 aliphatic rings.